The Kier molecular flexibility index (Phi) is 5.35. The van der Waals surface area contributed by atoms with Crippen LogP contribution in [-0.2, 0) is 9.53 Å². The Bertz CT molecular complexity index is 1300. The highest BCUT2D eigenvalue weighted by molar-refractivity contribution is 7.15. The van der Waals surface area contributed by atoms with Gasteiger partial charge in [-0.2, -0.15) is 0 Å². The average Bonchev–Trinajstić information content (AvgIpc) is 3.43. The number of aryl methyl sites for hydroxylation is 2. The number of benzene rings is 1. The molecule has 2 saturated heterocycles. The Morgan fingerprint density at radius 1 is 1.12 bits per heavy atom. The van der Waals surface area contributed by atoms with Crippen molar-refractivity contribution in [2.24, 2.45) is 4.99 Å². The zero-order valence-corrected chi connectivity index (χ0v) is 21.0. The molecule has 9 heteroatoms. The van der Waals surface area contributed by atoms with Crippen LogP contribution in [0.4, 0.5) is 0 Å². The van der Waals surface area contributed by atoms with Gasteiger partial charge in [-0.3, -0.25) is 14.4 Å². The van der Waals surface area contributed by atoms with Gasteiger partial charge < -0.3 is 9.64 Å². The quantitative estimate of drug-likeness (QED) is 0.533. The number of aromatic nitrogens is 3. The molecular formula is C25H26ClN5O2S. The van der Waals surface area contributed by atoms with Gasteiger partial charge >= 0.3 is 0 Å². The molecule has 1 amide bonds. The maximum absolute atomic E-state index is 13.5. The Morgan fingerprint density at radius 2 is 1.82 bits per heavy atom. The summed E-state index contributed by atoms with van der Waals surface area (Å²) in [5.41, 5.74) is 4.11. The van der Waals surface area contributed by atoms with Crippen LogP contribution in [-0.4, -0.2) is 56.6 Å². The number of morpholine rings is 1. The molecule has 0 radical (unpaired) electrons. The van der Waals surface area contributed by atoms with Crippen molar-refractivity contribution in [3.8, 4) is 5.00 Å². The first-order chi connectivity index (χ1) is 16.4. The number of hydrogen-bond donors (Lipinski definition) is 0. The van der Waals surface area contributed by atoms with Crippen LogP contribution in [0.1, 0.15) is 58.5 Å². The number of likely N-dealkylation sites (tertiary alicyclic amines) is 1. The molecule has 34 heavy (non-hydrogen) atoms. The summed E-state index contributed by atoms with van der Waals surface area (Å²) in [6, 6.07) is 7.32. The molecule has 3 unspecified atom stereocenters. The summed E-state index contributed by atoms with van der Waals surface area (Å²) >= 11 is 7.90. The highest BCUT2D eigenvalue weighted by Gasteiger charge is 2.38. The summed E-state index contributed by atoms with van der Waals surface area (Å²) in [7, 11) is 0. The molecule has 2 fully saturated rings. The number of carbonyl (C=O) groups is 1. The minimum Gasteiger partial charge on any atom is -0.371 e. The van der Waals surface area contributed by atoms with Crippen LogP contribution in [0.2, 0.25) is 5.02 Å². The number of aliphatic imine (C=N–C) groups is 1. The molecule has 3 aliphatic heterocycles. The fourth-order valence-corrected chi connectivity index (χ4v) is 6.59. The molecule has 2 aromatic heterocycles. The Morgan fingerprint density at radius 3 is 2.53 bits per heavy atom. The first-order valence-corrected chi connectivity index (χ1v) is 12.9. The average molecular weight is 496 g/mol. The van der Waals surface area contributed by atoms with Gasteiger partial charge in [0.15, 0.2) is 5.82 Å². The molecule has 176 valence electrons. The molecule has 3 atom stereocenters. The lowest BCUT2D eigenvalue weighted by Gasteiger charge is -2.32. The number of rotatable bonds is 3. The van der Waals surface area contributed by atoms with Crippen molar-refractivity contribution in [3.05, 3.63) is 62.5 Å². The summed E-state index contributed by atoms with van der Waals surface area (Å²) in [6.45, 7) is 7.53. The molecular weight excluding hydrogens is 470 g/mol. The van der Waals surface area contributed by atoms with E-state index < -0.39 is 6.04 Å². The smallest absolute Gasteiger partial charge is 0.225 e. The molecule has 0 aliphatic carbocycles. The molecule has 6 rings (SSSR count). The lowest BCUT2D eigenvalue weighted by molar-refractivity contribution is -0.140. The van der Waals surface area contributed by atoms with Crippen molar-refractivity contribution in [3.63, 3.8) is 0 Å². The zero-order valence-electron chi connectivity index (χ0n) is 19.4. The lowest BCUT2D eigenvalue weighted by Crippen LogP contribution is -2.46. The molecule has 7 nitrogen and oxygen atoms in total. The van der Waals surface area contributed by atoms with Gasteiger partial charge in [0.05, 0.1) is 24.3 Å². The molecule has 0 N–H and O–H groups in total. The van der Waals surface area contributed by atoms with Crippen molar-refractivity contribution < 1.29 is 9.53 Å². The fraction of sp³-hybridized carbons (Fsp3) is 0.440. The third-order valence-corrected chi connectivity index (χ3v) is 8.57. The van der Waals surface area contributed by atoms with Crippen LogP contribution >= 0.6 is 22.9 Å². The first kappa shape index (κ1) is 21.9. The van der Waals surface area contributed by atoms with E-state index in [4.69, 9.17) is 21.3 Å². The topological polar surface area (TPSA) is 72.6 Å². The van der Waals surface area contributed by atoms with Crippen molar-refractivity contribution in [1.29, 1.82) is 0 Å². The van der Waals surface area contributed by atoms with E-state index in [0.29, 0.717) is 23.9 Å². The van der Waals surface area contributed by atoms with Gasteiger partial charge in [-0.15, -0.1) is 21.5 Å². The predicted octanol–water partition coefficient (Wildman–Crippen LogP) is 4.58. The van der Waals surface area contributed by atoms with Crippen molar-refractivity contribution in [2.75, 3.05) is 13.1 Å². The van der Waals surface area contributed by atoms with Gasteiger partial charge in [0, 0.05) is 34.1 Å². The number of nitrogens with zero attached hydrogens (tertiary/aromatic N) is 5. The van der Waals surface area contributed by atoms with Crippen molar-refractivity contribution in [1.82, 2.24) is 19.7 Å². The molecule has 3 aliphatic rings. The highest BCUT2D eigenvalue weighted by Crippen LogP contribution is 2.40. The van der Waals surface area contributed by atoms with Crippen molar-refractivity contribution in [2.45, 2.75) is 58.3 Å². The summed E-state index contributed by atoms with van der Waals surface area (Å²) in [4.78, 5) is 21.9. The monoisotopic (exact) mass is 495 g/mol. The van der Waals surface area contributed by atoms with Gasteiger partial charge in [-0.25, -0.2) is 0 Å². The van der Waals surface area contributed by atoms with Gasteiger partial charge in [-0.1, -0.05) is 23.7 Å². The van der Waals surface area contributed by atoms with Crippen LogP contribution in [0.3, 0.4) is 0 Å². The van der Waals surface area contributed by atoms with Crippen molar-refractivity contribution >= 4 is 34.6 Å². The van der Waals surface area contributed by atoms with E-state index in [2.05, 4.69) is 28.6 Å². The lowest BCUT2D eigenvalue weighted by atomic mass is 9.99. The predicted molar refractivity (Wildman–Crippen MR) is 132 cm³/mol. The van der Waals surface area contributed by atoms with E-state index in [-0.39, 0.29) is 24.5 Å². The van der Waals surface area contributed by atoms with E-state index in [9.17, 15) is 4.79 Å². The molecule has 1 aromatic carbocycles. The Hall–Kier alpha value is -2.55. The molecule has 2 bridgehead atoms. The second-order valence-electron chi connectivity index (χ2n) is 9.36. The van der Waals surface area contributed by atoms with E-state index in [0.717, 1.165) is 40.5 Å². The third-order valence-electron chi connectivity index (χ3n) is 7.12. The summed E-state index contributed by atoms with van der Waals surface area (Å²) < 4.78 is 8.02. The molecule has 5 heterocycles. The standard InChI is InChI=1S/C25H26ClN5O2S/c1-13-14(2)34-25-22(13)23(16-4-6-17(26)7-5-16)27-20(24-29-28-15(3)31(24)25)10-21(32)30-11-18-8-9-19(12-30)33-18/h4-7,18-20H,8-12H2,1-3H3. The maximum atomic E-state index is 13.5. The Balaban J connectivity index is 1.45. The van der Waals surface area contributed by atoms with E-state index in [1.54, 1.807) is 11.3 Å². The zero-order chi connectivity index (χ0) is 23.6. The second kappa shape index (κ2) is 8.29. The fourth-order valence-electron chi connectivity index (χ4n) is 5.25. The number of ether oxygens (including phenoxy) is 1. The van der Waals surface area contributed by atoms with E-state index in [1.165, 1.54) is 10.4 Å². The van der Waals surface area contributed by atoms with Crippen LogP contribution in [0.25, 0.3) is 5.00 Å². The van der Waals surface area contributed by atoms with E-state index in [1.807, 2.05) is 36.1 Å². The number of carbonyl (C=O) groups excluding carboxylic acids is 1. The first-order valence-electron chi connectivity index (χ1n) is 11.7. The summed E-state index contributed by atoms with van der Waals surface area (Å²) in [5, 5.41) is 10.6. The minimum absolute atomic E-state index is 0.0924. The van der Waals surface area contributed by atoms with Gasteiger partial charge in [-0.05, 0) is 51.3 Å². The maximum Gasteiger partial charge on any atom is 0.225 e. The Labute approximate surface area is 207 Å². The van der Waals surface area contributed by atoms with Crippen LogP contribution in [0.15, 0.2) is 29.3 Å². The summed E-state index contributed by atoms with van der Waals surface area (Å²) in [5.74, 6) is 1.61. The van der Waals surface area contributed by atoms with Gasteiger partial charge in [0.1, 0.15) is 16.9 Å². The molecule has 0 saturated carbocycles. The van der Waals surface area contributed by atoms with Crippen LogP contribution < -0.4 is 0 Å². The number of halogens is 1. The van der Waals surface area contributed by atoms with Crippen LogP contribution in [0, 0.1) is 20.8 Å². The largest absolute Gasteiger partial charge is 0.371 e. The SMILES string of the molecule is Cc1sc2c(c1C)C(c1ccc(Cl)cc1)=NC(CC(=O)N1CC3CCC(C1)O3)c1nnc(C)n1-2. The van der Waals surface area contributed by atoms with Gasteiger partial charge in [0.25, 0.3) is 0 Å². The third kappa shape index (κ3) is 3.59. The van der Waals surface area contributed by atoms with E-state index >= 15 is 0 Å². The highest BCUT2D eigenvalue weighted by atomic mass is 35.5. The normalized spacial score (nSPS) is 23.4. The number of hydrogen-bond acceptors (Lipinski definition) is 6. The van der Waals surface area contributed by atoms with Gasteiger partial charge in [0.2, 0.25) is 5.91 Å². The number of amides is 1. The second-order valence-corrected chi connectivity index (χ2v) is 11.0. The molecule has 3 aromatic rings. The minimum atomic E-state index is -0.431. The number of fused-ring (bicyclic) bond motifs is 5. The number of thiophene rings is 1. The summed E-state index contributed by atoms with van der Waals surface area (Å²) in [6.07, 6.45) is 2.63. The van der Waals surface area contributed by atoms with Crippen LogP contribution in [0.5, 0.6) is 0 Å². The molecule has 0 spiro atoms.